The SMILES string of the molecule is C[C@H](c1cccs1)n1ccnc1-c1cn(C2CCNCC2)nn1. The standard InChI is InChI=1S/C16H20N6S/c1-12(15-3-2-10-23-15)21-9-8-18-16(21)14-11-22(20-19-14)13-4-6-17-7-5-13/h2-3,8-13,17H,4-7H2,1H3/t12-/m1/s1. The Morgan fingerprint density at radius 3 is 3.00 bits per heavy atom. The molecular weight excluding hydrogens is 308 g/mol. The van der Waals surface area contributed by atoms with E-state index in [0.29, 0.717) is 6.04 Å². The number of imidazole rings is 1. The van der Waals surface area contributed by atoms with Crippen molar-refractivity contribution < 1.29 is 0 Å². The van der Waals surface area contributed by atoms with Crippen molar-refractivity contribution in [2.45, 2.75) is 31.8 Å². The highest BCUT2D eigenvalue weighted by Crippen LogP contribution is 2.27. The van der Waals surface area contributed by atoms with E-state index in [1.165, 1.54) is 4.88 Å². The number of rotatable bonds is 4. The minimum atomic E-state index is 0.247. The first-order chi connectivity index (χ1) is 11.3. The lowest BCUT2D eigenvalue weighted by Crippen LogP contribution is -2.29. The normalized spacial score (nSPS) is 17.4. The molecule has 7 heteroatoms. The van der Waals surface area contributed by atoms with Gasteiger partial charge in [0.1, 0.15) is 5.69 Å². The van der Waals surface area contributed by atoms with E-state index in [9.17, 15) is 0 Å². The summed E-state index contributed by atoms with van der Waals surface area (Å²) in [6.45, 7) is 4.28. The van der Waals surface area contributed by atoms with Crippen LogP contribution in [0, 0.1) is 0 Å². The molecule has 3 aromatic rings. The summed E-state index contributed by atoms with van der Waals surface area (Å²) in [5.74, 6) is 0.881. The van der Waals surface area contributed by atoms with Crippen LogP contribution >= 0.6 is 11.3 Å². The Bertz CT molecular complexity index is 753. The van der Waals surface area contributed by atoms with Gasteiger partial charge in [0, 0.05) is 17.3 Å². The third-order valence-electron chi connectivity index (χ3n) is 4.46. The maximum atomic E-state index is 4.52. The summed E-state index contributed by atoms with van der Waals surface area (Å²) < 4.78 is 4.17. The second kappa shape index (κ2) is 6.25. The monoisotopic (exact) mass is 328 g/mol. The molecule has 23 heavy (non-hydrogen) atoms. The van der Waals surface area contributed by atoms with Crippen molar-refractivity contribution in [3.05, 3.63) is 41.0 Å². The van der Waals surface area contributed by atoms with Gasteiger partial charge >= 0.3 is 0 Å². The average molecular weight is 328 g/mol. The van der Waals surface area contributed by atoms with Gasteiger partial charge in [-0.2, -0.15) is 0 Å². The number of nitrogens with zero attached hydrogens (tertiary/aromatic N) is 5. The molecular formula is C16H20N6S. The first kappa shape index (κ1) is 14.6. The van der Waals surface area contributed by atoms with Crippen molar-refractivity contribution >= 4 is 11.3 Å². The van der Waals surface area contributed by atoms with Crippen LogP contribution in [-0.4, -0.2) is 37.6 Å². The number of hydrogen-bond donors (Lipinski definition) is 1. The van der Waals surface area contributed by atoms with Crippen LogP contribution in [0.25, 0.3) is 11.5 Å². The summed E-state index contributed by atoms with van der Waals surface area (Å²) in [7, 11) is 0. The summed E-state index contributed by atoms with van der Waals surface area (Å²) >= 11 is 1.76. The third-order valence-corrected chi connectivity index (χ3v) is 5.51. The van der Waals surface area contributed by atoms with E-state index in [2.05, 4.69) is 49.6 Å². The highest BCUT2D eigenvalue weighted by atomic mass is 32.1. The van der Waals surface area contributed by atoms with E-state index in [4.69, 9.17) is 0 Å². The highest BCUT2D eigenvalue weighted by molar-refractivity contribution is 7.10. The number of aromatic nitrogens is 5. The predicted molar refractivity (Wildman–Crippen MR) is 90.5 cm³/mol. The molecule has 1 atom stereocenters. The van der Waals surface area contributed by atoms with E-state index >= 15 is 0 Å². The zero-order valence-corrected chi connectivity index (χ0v) is 13.9. The summed E-state index contributed by atoms with van der Waals surface area (Å²) in [5.41, 5.74) is 0.844. The lowest BCUT2D eigenvalue weighted by molar-refractivity contribution is 0.337. The molecule has 0 saturated carbocycles. The second-order valence-corrected chi connectivity index (χ2v) is 6.89. The lowest BCUT2D eigenvalue weighted by Gasteiger charge is -2.22. The first-order valence-electron chi connectivity index (χ1n) is 8.02. The fourth-order valence-corrected chi connectivity index (χ4v) is 3.90. The molecule has 1 N–H and O–H groups in total. The molecule has 1 fully saturated rings. The van der Waals surface area contributed by atoms with Crippen molar-refractivity contribution in [1.82, 2.24) is 29.9 Å². The van der Waals surface area contributed by atoms with Gasteiger partial charge in [-0.25, -0.2) is 9.67 Å². The van der Waals surface area contributed by atoms with Crippen LogP contribution in [0.2, 0.25) is 0 Å². The van der Waals surface area contributed by atoms with E-state index in [1.807, 2.05) is 23.3 Å². The molecule has 0 aromatic carbocycles. The van der Waals surface area contributed by atoms with Crippen LogP contribution in [0.4, 0.5) is 0 Å². The van der Waals surface area contributed by atoms with Crippen LogP contribution in [0.15, 0.2) is 36.1 Å². The van der Waals surface area contributed by atoms with Gasteiger partial charge in [-0.05, 0) is 44.3 Å². The smallest absolute Gasteiger partial charge is 0.162 e. The number of piperidine rings is 1. The van der Waals surface area contributed by atoms with Crippen LogP contribution in [0.3, 0.4) is 0 Å². The Hall–Kier alpha value is -1.99. The molecule has 6 nitrogen and oxygen atoms in total. The Kier molecular flexibility index (Phi) is 3.97. The van der Waals surface area contributed by atoms with Crippen molar-refractivity contribution in [1.29, 1.82) is 0 Å². The number of hydrogen-bond acceptors (Lipinski definition) is 5. The molecule has 1 aliphatic heterocycles. The molecule has 0 spiro atoms. The molecule has 0 unspecified atom stereocenters. The van der Waals surface area contributed by atoms with Crippen LogP contribution < -0.4 is 5.32 Å². The largest absolute Gasteiger partial charge is 0.322 e. The van der Waals surface area contributed by atoms with E-state index in [1.54, 1.807) is 11.3 Å². The number of nitrogens with one attached hydrogen (secondary N) is 1. The predicted octanol–water partition coefficient (Wildman–Crippen LogP) is 2.74. The van der Waals surface area contributed by atoms with E-state index < -0.39 is 0 Å². The summed E-state index contributed by atoms with van der Waals surface area (Å²) in [6.07, 6.45) is 8.09. The highest BCUT2D eigenvalue weighted by Gasteiger charge is 2.20. The quantitative estimate of drug-likeness (QED) is 0.800. The molecule has 1 aliphatic rings. The lowest BCUT2D eigenvalue weighted by atomic mass is 10.1. The Morgan fingerprint density at radius 1 is 1.35 bits per heavy atom. The van der Waals surface area contributed by atoms with Gasteiger partial charge in [-0.3, -0.25) is 0 Å². The number of thiophene rings is 1. The van der Waals surface area contributed by atoms with Gasteiger partial charge in [0.2, 0.25) is 0 Å². The van der Waals surface area contributed by atoms with E-state index in [-0.39, 0.29) is 6.04 Å². The zero-order chi connectivity index (χ0) is 15.6. The van der Waals surface area contributed by atoms with Gasteiger partial charge < -0.3 is 9.88 Å². The van der Waals surface area contributed by atoms with E-state index in [0.717, 1.165) is 37.4 Å². The average Bonchev–Trinajstić information content (AvgIpc) is 3.35. The maximum absolute atomic E-state index is 4.52. The molecule has 0 aliphatic carbocycles. The second-order valence-electron chi connectivity index (χ2n) is 5.91. The van der Waals surface area contributed by atoms with Crippen molar-refractivity contribution in [3.63, 3.8) is 0 Å². The molecule has 1 saturated heterocycles. The van der Waals surface area contributed by atoms with Crippen molar-refractivity contribution in [3.8, 4) is 11.5 Å². The van der Waals surface area contributed by atoms with Crippen LogP contribution in [0.5, 0.6) is 0 Å². The van der Waals surface area contributed by atoms with Gasteiger partial charge in [0.05, 0.1) is 18.3 Å². The molecule has 0 amide bonds. The molecule has 0 radical (unpaired) electrons. The molecule has 4 rings (SSSR count). The Morgan fingerprint density at radius 2 is 2.22 bits per heavy atom. The minimum Gasteiger partial charge on any atom is -0.322 e. The van der Waals surface area contributed by atoms with Crippen molar-refractivity contribution in [2.75, 3.05) is 13.1 Å². The van der Waals surface area contributed by atoms with Gasteiger partial charge in [0.15, 0.2) is 5.82 Å². The first-order valence-corrected chi connectivity index (χ1v) is 8.90. The summed E-state index contributed by atoms with van der Waals surface area (Å²) in [4.78, 5) is 5.83. The fourth-order valence-electron chi connectivity index (χ4n) is 3.12. The van der Waals surface area contributed by atoms with Crippen LogP contribution in [0.1, 0.15) is 36.7 Å². The Labute approximate surface area is 139 Å². The van der Waals surface area contributed by atoms with Crippen LogP contribution in [-0.2, 0) is 0 Å². The topological polar surface area (TPSA) is 60.6 Å². The van der Waals surface area contributed by atoms with Gasteiger partial charge in [0.25, 0.3) is 0 Å². The van der Waals surface area contributed by atoms with Gasteiger partial charge in [-0.15, -0.1) is 16.4 Å². The molecule has 4 heterocycles. The molecule has 120 valence electrons. The fraction of sp³-hybridized carbons (Fsp3) is 0.438. The van der Waals surface area contributed by atoms with Gasteiger partial charge in [-0.1, -0.05) is 11.3 Å². The third kappa shape index (κ3) is 2.82. The summed E-state index contributed by atoms with van der Waals surface area (Å²) in [5, 5.41) is 14.2. The molecule has 3 aromatic heterocycles. The minimum absolute atomic E-state index is 0.247. The Balaban J connectivity index is 1.62. The zero-order valence-electron chi connectivity index (χ0n) is 13.1. The maximum Gasteiger partial charge on any atom is 0.162 e. The molecule has 0 bridgehead atoms. The summed E-state index contributed by atoms with van der Waals surface area (Å²) in [6, 6.07) is 4.93. The van der Waals surface area contributed by atoms with Crippen molar-refractivity contribution in [2.24, 2.45) is 0 Å².